The van der Waals surface area contributed by atoms with Gasteiger partial charge in [0.1, 0.15) is 69.3 Å². The van der Waals surface area contributed by atoms with Gasteiger partial charge in [-0.1, -0.05) is 24.3 Å². The third kappa shape index (κ3) is 11.9. The van der Waals surface area contributed by atoms with Crippen LogP contribution >= 0.6 is 0 Å². The average Bonchev–Trinajstić information content (AvgIpc) is 3.25. The van der Waals surface area contributed by atoms with E-state index in [9.17, 15) is 29.4 Å². The Bertz CT molecular complexity index is 2280. The highest BCUT2D eigenvalue weighted by atomic mass is 32.2. The first-order chi connectivity index (χ1) is 30.1. The number of aliphatic carboxylic acids is 2. The third-order valence-electron chi connectivity index (χ3n) is 9.37. The fraction of sp³-hybridized carbons (Fsp3) is 0.273. The van der Waals surface area contributed by atoms with Crippen LogP contribution in [0.1, 0.15) is 45.6 Å². The Morgan fingerprint density at radius 3 is 1.10 bits per heavy atom. The van der Waals surface area contributed by atoms with Gasteiger partial charge in [-0.15, -0.1) is 0 Å². The lowest BCUT2D eigenvalue weighted by Gasteiger charge is -2.24. The standard InChI is InChI=1S/C44H48N2O16S/c1-55-27-19-35(59-5)29(36(20-27)60-6)11-15-39(25-9-13-33(57-3)31(17-25)45-41(47)23-43(49)50)63(53,54)40(16-12-30-37(61-7)21-28(56-2)22-38(30)62-8)26-10-14-34(58-4)32(18-26)46-42(48)24-44(51)52/h9-22,39-40H,23-24H2,1-8H3,(H,45,47)(H,46,48)(H,49,50)(H,51,52)/b15-11+,16-12+. The van der Waals surface area contributed by atoms with Crippen LogP contribution in [-0.2, 0) is 29.0 Å². The molecule has 0 aliphatic rings. The summed E-state index contributed by atoms with van der Waals surface area (Å²) >= 11 is 0. The van der Waals surface area contributed by atoms with Gasteiger partial charge < -0.3 is 58.7 Å². The summed E-state index contributed by atoms with van der Waals surface area (Å²) in [7, 11) is 6.52. The summed E-state index contributed by atoms with van der Waals surface area (Å²) in [5.41, 5.74) is 0.787. The van der Waals surface area contributed by atoms with Crippen molar-refractivity contribution in [3.8, 4) is 46.0 Å². The number of sulfone groups is 1. The quantitative estimate of drug-likeness (QED) is 0.0642. The first-order valence-corrected chi connectivity index (χ1v) is 20.3. The molecule has 0 heterocycles. The van der Waals surface area contributed by atoms with Gasteiger partial charge in [0.2, 0.25) is 11.8 Å². The summed E-state index contributed by atoms with van der Waals surface area (Å²) in [6.07, 6.45) is 3.94. The predicted molar refractivity (Wildman–Crippen MR) is 232 cm³/mol. The smallest absolute Gasteiger partial charge is 0.312 e. The number of benzene rings is 4. The Labute approximate surface area is 363 Å². The molecule has 336 valence electrons. The lowest BCUT2D eigenvalue weighted by atomic mass is 10.1. The highest BCUT2D eigenvalue weighted by molar-refractivity contribution is 7.92. The molecule has 0 radical (unpaired) electrons. The van der Waals surface area contributed by atoms with E-state index in [0.717, 1.165) is 0 Å². The van der Waals surface area contributed by atoms with E-state index >= 15 is 8.42 Å². The minimum absolute atomic E-state index is 0.0258. The maximum atomic E-state index is 15.7. The number of carbonyl (C=O) groups is 4. The van der Waals surface area contributed by atoms with Crippen molar-refractivity contribution in [1.29, 1.82) is 0 Å². The van der Waals surface area contributed by atoms with E-state index in [1.54, 1.807) is 24.3 Å². The van der Waals surface area contributed by atoms with Crippen molar-refractivity contribution >= 4 is 57.1 Å². The lowest BCUT2D eigenvalue weighted by Crippen LogP contribution is -2.21. The number of nitrogens with one attached hydrogen (secondary N) is 2. The molecule has 0 bridgehead atoms. The van der Waals surface area contributed by atoms with Gasteiger partial charge in [-0.3, -0.25) is 19.2 Å². The van der Waals surface area contributed by atoms with E-state index in [4.69, 9.17) is 37.9 Å². The van der Waals surface area contributed by atoms with Crippen LogP contribution < -0.4 is 48.5 Å². The molecule has 19 heteroatoms. The number of carbonyl (C=O) groups excluding carboxylic acids is 2. The van der Waals surface area contributed by atoms with Crippen molar-refractivity contribution in [3.63, 3.8) is 0 Å². The molecule has 4 N–H and O–H groups in total. The van der Waals surface area contributed by atoms with Gasteiger partial charge in [0, 0.05) is 24.3 Å². The molecule has 63 heavy (non-hydrogen) atoms. The molecule has 18 nitrogen and oxygen atoms in total. The molecule has 2 unspecified atom stereocenters. The van der Waals surface area contributed by atoms with Gasteiger partial charge in [0.05, 0.1) is 79.4 Å². The van der Waals surface area contributed by atoms with E-state index in [2.05, 4.69) is 10.6 Å². The van der Waals surface area contributed by atoms with Crippen LogP contribution in [0.15, 0.2) is 72.8 Å². The van der Waals surface area contributed by atoms with Gasteiger partial charge >= 0.3 is 11.9 Å². The normalized spacial score (nSPS) is 12.2. The number of carboxylic acids is 2. The zero-order chi connectivity index (χ0) is 46.4. The van der Waals surface area contributed by atoms with E-state index in [1.807, 2.05) is 0 Å². The summed E-state index contributed by atoms with van der Waals surface area (Å²) < 4.78 is 75.6. The fourth-order valence-electron chi connectivity index (χ4n) is 6.40. The molecular formula is C44H48N2O16S. The summed E-state index contributed by atoms with van der Waals surface area (Å²) in [5.74, 6) is -2.56. The fourth-order valence-corrected chi connectivity index (χ4v) is 8.37. The van der Waals surface area contributed by atoms with Crippen LogP contribution in [0.4, 0.5) is 11.4 Å². The van der Waals surface area contributed by atoms with Crippen molar-refractivity contribution < 1.29 is 75.7 Å². The van der Waals surface area contributed by atoms with Gasteiger partial charge in [-0.25, -0.2) is 8.42 Å². The van der Waals surface area contributed by atoms with Crippen molar-refractivity contribution in [2.75, 3.05) is 67.5 Å². The first-order valence-electron chi connectivity index (χ1n) is 18.7. The topological polar surface area (TPSA) is 241 Å². The minimum Gasteiger partial charge on any atom is -0.496 e. The Balaban J connectivity index is 2.10. The van der Waals surface area contributed by atoms with Gasteiger partial charge in [0.15, 0.2) is 9.84 Å². The van der Waals surface area contributed by atoms with Crippen molar-refractivity contribution in [2.45, 2.75) is 23.3 Å². The van der Waals surface area contributed by atoms with Crippen LogP contribution in [0.25, 0.3) is 12.2 Å². The molecule has 4 rings (SSSR count). The number of hydrogen-bond acceptors (Lipinski definition) is 14. The van der Waals surface area contributed by atoms with E-state index in [1.165, 1.54) is 118 Å². The number of anilines is 2. The van der Waals surface area contributed by atoms with Crippen LogP contribution in [0.2, 0.25) is 0 Å². The number of carboxylic acid groups (broad SMARTS) is 2. The van der Waals surface area contributed by atoms with E-state index in [0.29, 0.717) is 22.6 Å². The zero-order valence-corrected chi connectivity index (χ0v) is 36.5. The molecule has 0 saturated heterocycles. The number of methoxy groups -OCH3 is 8. The lowest BCUT2D eigenvalue weighted by molar-refractivity contribution is -0.141. The van der Waals surface area contributed by atoms with Crippen LogP contribution in [0.5, 0.6) is 46.0 Å². The predicted octanol–water partition coefficient (Wildman–Crippen LogP) is 6.21. The number of amides is 2. The number of hydrogen-bond donors (Lipinski definition) is 4. The Hall–Kier alpha value is -7.41. The zero-order valence-electron chi connectivity index (χ0n) is 35.7. The second-order valence-corrected chi connectivity index (χ2v) is 15.4. The van der Waals surface area contributed by atoms with Crippen molar-refractivity contribution in [2.24, 2.45) is 0 Å². The SMILES string of the molecule is COc1cc(OC)c(/C=C/C(c2ccc(OC)c(NC(=O)CC(=O)O)c2)S(=O)(=O)C(/C=C/c2c(OC)cc(OC)cc2OC)c2ccc(OC)c(NC(=O)CC(=O)O)c2)c(OC)c1. The average molecular weight is 893 g/mol. The summed E-state index contributed by atoms with van der Waals surface area (Å²) in [6.45, 7) is 0. The Morgan fingerprint density at radius 2 is 0.825 bits per heavy atom. The Kier molecular flexibility index (Phi) is 16.8. The summed E-state index contributed by atoms with van der Waals surface area (Å²) in [5, 5.41) is 20.3. The third-order valence-corrected chi connectivity index (χ3v) is 11.6. The minimum atomic E-state index is -4.66. The highest BCUT2D eigenvalue weighted by Gasteiger charge is 2.35. The maximum Gasteiger partial charge on any atom is 0.312 e. The van der Waals surface area contributed by atoms with Gasteiger partial charge in [-0.2, -0.15) is 0 Å². The second-order valence-electron chi connectivity index (χ2n) is 13.2. The molecule has 0 aliphatic heterocycles. The largest absolute Gasteiger partial charge is 0.496 e. The summed E-state index contributed by atoms with van der Waals surface area (Å²) in [6, 6.07) is 14.7. The van der Waals surface area contributed by atoms with Crippen LogP contribution in [0, 0.1) is 0 Å². The number of ether oxygens (including phenoxy) is 8. The van der Waals surface area contributed by atoms with E-state index in [-0.39, 0.29) is 57.0 Å². The number of rotatable bonds is 22. The van der Waals surface area contributed by atoms with E-state index < -0.39 is 56.9 Å². The second kappa shape index (κ2) is 21.9. The molecule has 0 aliphatic carbocycles. The molecular weight excluding hydrogens is 845 g/mol. The van der Waals surface area contributed by atoms with Crippen molar-refractivity contribution in [3.05, 3.63) is 95.1 Å². The summed E-state index contributed by atoms with van der Waals surface area (Å²) in [4.78, 5) is 48.2. The van der Waals surface area contributed by atoms with Crippen LogP contribution in [0.3, 0.4) is 0 Å². The monoisotopic (exact) mass is 892 g/mol. The highest BCUT2D eigenvalue weighted by Crippen LogP contribution is 2.44. The van der Waals surface area contributed by atoms with Crippen molar-refractivity contribution in [1.82, 2.24) is 0 Å². The Morgan fingerprint density at radius 1 is 0.508 bits per heavy atom. The maximum absolute atomic E-state index is 15.7. The van der Waals surface area contributed by atoms with Gasteiger partial charge in [0.25, 0.3) is 0 Å². The molecule has 4 aromatic carbocycles. The molecule has 0 fully saturated rings. The van der Waals surface area contributed by atoms with Gasteiger partial charge in [-0.05, 0) is 47.5 Å². The molecule has 0 aromatic heterocycles. The molecule has 0 spiro atoms. The molecule has 2 atom stereocenters. The molecule has 2 amide bonds. The molecule has 4 aromatic rings. The van der Waals surface area contributed by atoms with Crippen LogP contribution in [-0.4, -0.2) is 99.3 Å². The first kappa shape index (κ1) is 48.3. The molecule has 0 saturated carbocycles.